The van der Waals surface area contributed by atoms with E-state index in [0.717, 1.165) is 6.42 Å². The summed E-state index contributed by atoms with van der Waals surface area (Å²) in [6, 6.07) is 3.35. The van der Waals surface area contributed by atoms with Crippen LogP contribution >= 0.6 is 0 Å². The monoisotopic (exact) mass is 603 g/mol. The van der Waals surface area contributed by atoms with Crippen LogP contribution in [0.4, 0.5) is 0 Å². The normalized spacial score (nSPS) is 24.1. The maximum Gasteiger partial charge on any atom is 0.342 e. The number of carbonyl (C=O) groups excluding carboxylic acids is 2. The van der Waals surface area contributed by atoms with Crippen LogP contribution in [0.2, 0.25) is 0 Å². The number of methoxy groups -OCH3 is 2. The van der Waals surface area contributed by atoms with Crippen molar-refractivity contribution in [2.75, 3.05) is 14.2 Å². The number of esters is 1. The number of amides is 1. The highest BCUT2D eigenvalue weighted by molar-refractivity contribution is 5.95. The molecule has 0 unspecified atom stereocenters. The Morgan fingerprint density at radius 3 is 2.44 bits per heavy atom. The molecule has 43 heavy (non-hydrogen) atoms. The van der Waals surface area contributed by atoms with E-state index in [1.165, 1.54) is 14.2 Å². The molecule has 0 radical (unpaired) electrons. The van der Waals surface area contributed by atoms with Gasteiger partial charge in [-0.15, -0.1) is 0 Å². The standard InChI is InChI=1S/C34H53NO8/c1-9-12-27(36)23(5)33(39)35-22(4)16-15-21(3)32(38)24(6)29-14-11-10-13-20(2)28(37)18-25-17-26(41-7)19-30(42-8)31(25)34(40)43-29/h10-11,16-17,19-21,23-24,27-29,32,36-38H,9,12-15,18H2,1-8H3,(H,35,39)/b11-10-,22-16+/t20-,21+,23+,24+,27-,28+,29-,32+/m0/s1. The molecule has 1 amide bonds. The molecule has 1 aromatic carbocycles. The third-order valence-electron chi connectivity index (χ3n) is 8.60. The summed E-state index contributed by atoms with van der Waals surface area (Å²) in [7, 11) is 3.00. The van der Waals surface area contributed by atoms with Crippen molar-refractivity contribution in [2.24, 2.45) is 23.7 Å². The minimum Gasteiger partial charge on any atom is -0.497 e. The first-order valence-electron chi connectivity index (χ1n) is 15.5. The number of aliphatic hydroxyl groups is 3. The van der Waals surface area contributed by atoms with Gasteiger partial charge in [0.1, 0.15) is 23.2 Å². The Bertz CT molecular complexity index is 1120. The molecule has 4 N–H and O–H groups in total. The van der Waals surface area contributed by atoms with E-state index >= 15 is 0 Å². The number of hydrogen-bond acceptors (Lipinski definition) is 8. The van der Waals surface area contributed by atoms with Crippen molar-refractivity contribution in [2.45, 2.75) is 104 Å². The summed E-state index contributed by atoms with van der Waals surface area (Å²) >= 11 is 0. The van der Waals surface area contributed by atoms with Gasteiger partial charge in [0.15, 0.2) is 0 Å². The van der Waals surface area contributed by atoms with Crippen LogP contribution in [0, 0.1) is 23.7 Å². The molecule has 8 atom stereocenters. The van der Waals surface area contributed by atoms with E-state index in [1.54, 1.807) is 26.0 Å². The molecule has 0 spiro atoms. The maximum atomic E-state index is 13.7. The highest BCUT2D eigenvalue weighted by Crippen LogP contribution is 2.33. The van der Waals surface area contributed by atoms with Crippen LogP contribution in [-0.4, -0.2) is 65.8 Å². The highest BCUT2D eigenvalue weighted by Gasteiger charge is 2.33. The molecular weight excluding hydrogens is 550 g/mol. The van der Waals surface area contributed by atoms with E-state index in [0.29, 0.717) is 48.4 Å². The second-order valence-electron chi connectivity index (χ2n) is 12.1. The number of cyclic esters (lactones) is 1. The lowest BCUT2D eigenvalue weighted by Gasteiger charge is -2.31. The SMILES string of the molecule is CCC[C@H](O)[C@@H](C)C(=O)N/C(C)=C/C[C@@H](C)[C@@H](O)[C@H](C)[C@@H]1C/C=C\C[C@H](C)[C@H](O)Cc2cc(OC)cc(OC)c2C(=O)O1. The van der Waals surface area contributed by atoms with Crippen LogP contribution in [0.25, 0.3) is 0 Å². The first kappa shape index (κ1) is 36.3. The average molecular weight is 604 g/mol. The number of hydrogen-bond donors (Lipinski definition) is 4. The quantitative estimate of drug-likeness (QED) is 0.195. The highest BCUT2D eigenvalue weighted by atomic mass is 16.5. The van der Waals surface area contributed by atoms with Crippen LogP contribution in [0.15, 0.2) is 36.1 Å². The summed E-state index contributed by atoms with van der Waals surface area (Å²) in [5.41, 5.74) is 1.47. The van der Waals surface area contributed by atoms with E-state index in [9.17, 15) is 24.9 Å². The molecule has 1 heterocycles. The van der Waals surface area contributed by atoms with Crippen molar-refractivity contribution in [1.82, 2.24) is 5.32 Å². The zero-order valence-electron chi connectivity index (χ0n) is 27.1. The number of fused-ring (bicyclic) bond motifs is 1. The molecule has 1 aliphatic rings. The van der Waals surface area contributed by atoms with Crippen molar-refractivity contribution in [3.63, 3.8) is 0 Å². The lowest BCUT2D eigenvalue weighted by atomic mass is 9.85. The molecule has 0 aliphatic carbocycles. The molecule has 1 aromatic rings. The second kappa shape index (κ2) is 17.4. The fourth-order valence-electron chi connectivity index (χ4n) is 5.33. The molecule has 9 heteroatoms. The number of nitrogens with one attached hydrogen (secondary N) is 1. The van der Waals surface area contributed by atoms with Gasteiger partial charge in [-0.25, -0.2) is 4.79 Å². The summed E-state index contributed by atoms with van der Waals surface area (Å²) < 4.78 is 17.0. The fourth-order valence-corrected chi connectivity index (χ4v) is 5.33. The molecule has 9 nitrogen and oxygen atoms in total. The molecule has 0 saturated heterocycles. The summed E-state index contributed by atoms with van der Waals surface area (Å²) in [6.45, 7) is 11.2. The summed E-state index contributed by atoms with van der Waals surface area (Å²) in [5, 5.41) is 35.2. The topological polar surface area (TPSA) is 135 Å². The first-order valence-corrected chi connectivity index (χ1v) is 15.5. The number of benzene rings is 1. The van der Waals surface area contributed by atoms with Gasteiger partial charge in [-0.1, -0.05) is 59.3 Å². The van der Waals surface area contributed by atoms with Gasteiger partial charge in [0.2, 0.25) is 5.91 Å². The van der Waals surface area contributed by atoms with E-state index < -0.39 is 42.2 Å². The largest absolute Gasteiger partial charge is 0.497 e. The van der Waals surface area contributed by atoms with E-state index in [-0.39, 0.29) is 29.7 Å². The van der Waals surface area contributed by atoms with Gasteiger partial charge < -0.3 is 34.8 Å². The van der Waals surface area contributed by atoms with E-state index in [4.69, 9.17) is 14.2 Å². The van der Waals surface area contributed by atoms with Crippen molar-refractivity contribution in [3.05, 3.63) is 47.2 Å². The van der Waals surface area contributed by atoms with Crippen LogP contribution in [0.3, 0.4) is 0 Å². The number of carbonyl (C=O) groups is 2. The Balaban J connectivity index is 2.24. The van der Waals surface area contributed by atoms with Crippen molar-refractivity contribution < 1.29 is 39.1 Å². The third-order valence-corrected chi connectivity index (χ3v) is 8.60. The predicted octanol–water partition coefficient (Wildman–Crippen LogP) is 4.96. The number of rotatable bonds is 12. The molecule has 1 aliphatic heterocycles. The van der Waals surface area contributed by atoms with E-state index in [2.05, 4.69) is 5.32 Å². The Kier molecular flexibility index (Phi) is 14.7. The Labute approximate surface area is 257 Å². The first-order chi connectivity index (χ1) is 20.3. The molecular formula is C34H53NO8. The molecule has 242 valence electrons. The van der Waals surface area contributed by atoms with Crippen molar-refractivity contribution in [1.29, 1.82) is 0 Å². The number of allylic oxidation sites excluding steroid dienone is 3. The Morgan fingerprint density at radius 1 is 1.14 bits per heavy atom. The molecule has 0 bridgehead atoms. The van der Waals surface area contributed by atoms with Crippen LogP contribution in [0.5, 0.6) is 11.5 Å². The lowest BCUT2D eigenvalue weighted by Crippen LogP contribution is -2.37. The van der Waals surface area contributed by atoms with Gasteiger partial charge >= 0.3 is 5.97 Å². The van der Waals surface area contributed by atoms with Crippen LogP contribution in [0.1, 0.15) is 89.6 Å². The lowest BCUT2D eigenvalue weighted by molar-refractivity contribution is -0.127. The van der Waals surface area contributed by atoms with Crippen LogP contribution in [-0.2, 0) is 16.0 Å². The average Bonchev–Trinajstić information content (AvgIpc) is 2.98. The smallest absolute Gasteiger partial charge is 0.342 e. The summed E-state index contributed by atoms with van der Waals surface area (Å²) in [5.74, 6) is -1.19. The Hall–Kier alpha value is -2.88. The van der Waals surface area contributed by atoms with Crippen molar-refractivity contribution in [3.8, 4) is 11.5 Å². The van der Waals surface area contributed by atoms with Crippen molar-refractivity contribution >= 4 is 11.9 Å². The minimum atomic E-state index is -0.804. The van der Waals surface area contributed by atoms with Gasteiger partial charge in [-0.3, -0.25) is 4.79 Å². The van der Waals surface area contributed by atoms with Gasteiger partial charge in [0, 0.05) is 24.1 Å². The zero-order valence-corrected chi connectivity index (χ0v) is 27.1. The molecule has 0 fully saturated rings. The van der Waals surface area contributed by atoms with E-state index in [1.807, 2.05) is 45.9 Å². The Morgan fingerprint density at radius 2 is 1.81 bits per heavy atom. The number of aliphatic hydroxyl groups excluding tert-OH is 3. The molecule has 0 saturated carbocycles. The summed E-state index contributed by atoms with van der Waals surface area (Å²) in [6.07, 6.45) is 6.12. The third kappa shape index (κ3) is 10.4. The zero-order chi connectivity index (χ0) is 32.3. The minimum absolute atomic E-state index is 0.0494. The summed E-state index contributed by atoms with van der Waals surface area (Å²) in [4.78, 5) is 26.2. The van der Waals surface area contributed by atoms with Gasteiger partial charge in [0.05, 0.1) is 38.4 Å². The molecule has 0 aromatic heterocycles. The van der Waals surface area contributed by atoms with Gasteiger partial charge in [0.25, 0.3) is 0 Å². The second-order valence-corrected chi connectivity index (χ2v) is 12.1. The predicted molar refractivity (Wildman–Crippen MR) is 167 cm³/mol. The number of ether oxygens (including phenoxy) is 3. The van der Waals surface area contributed by atoms with Gasteiger partial charge in [-0.2, -0.15) is 0 Å². The maximum absolute atomic E-state index is 13.7. The van der Waals surface area contributed by atoms with Gasteiger partial charge in [-0.05, 0) is 56.1 Å². The molecule has 2 rings (SSSR count). The fraction of sp³-hybridized carbons (Fsp3) is 0.647. The van der Waals surface area contributed by atoms with Crippen LogP contribution < -0.4 is 14.8 Å².